The normalized spacial score (nSPS) is 14.9. The number of nitrogens with zero attached hydrogens (tertiary/aromatic N) is 5. The van der Waals surface area contributed by atoms with E-state index in [1.807, 2.05) is 27.2 Å². The molecule has 10 heteroatoms. The zero-order valence-corrected chi connectivity index (χ0v) is 19.2. The van der Waals surface area contributed by atoms with Crippen molar-refractivity contribution in [2.45, 2.75) is 25.8 Å². The quantitative estimate of drug-likeness (QED) is 0.373. The van der Waals surface area contributed by atoms with Crippen molar-refractivity contribution in [3.05, 3.63) is 48.2 Å². The zero-order valence-electron chi connectivity index (χ0n) is 18.4. The highest BCUT2D eigenvalue weighted by Crippen LogP contribution is 2.41. The molecule has 1 amide bonds. The summed E-state index contributed by atoms with van der Waals surface area (Å²) in [6.07, 6.45) is 8.49. The first-order valence-electron chi connectivity index (χ1n) is 11.0. The molecule has 6 rings (SSSR count). The molecule has 0 aliphatic carbocycles. The Labute approximate surface area is 197 Å². The summed E-state index contributed by atoms with van der Waals surface area (Å²) in [4.78, 5) is 21.8. The van der Waals surface area contributed by atoms with Crippen molar-refractivity contribution in [3.63, 3.8) is 0 Å². The number of pyridine rings is 2. The van der Waals surface area contributed by atoms with E-state index in [0.717, 1.165) is 41.6 Å². The van der Waals surface area contributed by atoms with Gasteiger partial charge in [0.1, 0.15) is 5.76 Å². The van der Waals surface area contributed by atoms with E-state index in [2.05, 4.69) is 15.1 Å². The third-order valence-corrected chi connectivity index (χ3v) is 7.39. The average Bonchev–Trinajstić information content (AvgIpc) is 3.58. The van der Waals surface area contributed by atoms with E-state index in [1.165, 1.54) is 17.5 Å². The molecule has 0 radical (unpaired) electrons. The number of fused-ring (bicyclic) bond motifs is 2. The van der Waals surface area contributed by atoms with Crippen molar-refractivity contribution in [3.8, 4) is 22.6 Å². The number of nitrogen functional groups attached to an aromatic ring is 1. The third kappa shape index (κ3) is 3.33. The molecule has 5 aromatic rings. The number of piperidine rings is 1. The molecule has 8 nitrogen and oxygen atoms in total. The van der Waals surface area contributed by atoms with Gasteiger partial charge in [0.25, 0.3) is 0 Å². The first kappa shape index (κ1) is 20.8. The first-order valence-corrected chi connectivity index (χ1v) is 11.9. The second kappa shape index (κ2) is 7.91. The predicted octanol–water partition coefficient (Wildman–Crippen LogP) is 4.87. The molecule has 0 spiro atoms. The summed E-state index contributed by atoms with van der Waals surface area (Å²) in [5, 5.41) is 7.62. The van der Waals surface area contributed by atoms with Gasteiger partial charge in [-0.2, -0.15) is 9.49 Å². The number of nitrogens with two attached hydrogens (primary N) is 1. The Morgan fingerprint density at radius 2 is 2.09 bits per heavy atom. The Morgan fingerprint density at radius 3 is 2.88 bits per heavy atom. The molecule has 0 bridgehead atoms. The van der Waals surface area contributed by atoms with E-state index in [9.17, 15) is 9.18 Å². The number of amides is 1. The molecule has 0 atom stereocenters. The lowest BCUT2D eigenvalue weighted by Crippen LogP contribution is -2.37. The number of halogens is 1. The van der Waals surface area contributed by atoms with Gasteiger partial charge in [0.05, 0.1) is 35.2 Å². The molecule has 172 valence electrons. The number of thiophene rings is 1. The van der Waals surface area contributed by atoms with Crippen molar-refractivity contribution >= 4 is 44.0 Å². The Kier molecular flexibility index (Phi) is 4.84. The summed E-state index contributed by atoms with van der Waals surface area (Å²) < 4.78 is 23.3. The van der Waals surface area contributed by atoms with Crippen LogP contribution in [0.4, 0.5) is 10.1 Å². The van der Waals surface area contributed by atoms with Crippen LogP contribution < -0.4 is 5.73 Å². The SMILES string of the molecule is CC(=O)N1CCC(n2cc(-c3ncc(N)c4oc(-c5csc6ccnc(F)c56)cc34)cn2)CC1. The second-order valence-electron chi connectivity index (χ2n) is 8.49. The van der Waals surface area contributed by atoms with Gasteiger partial charge in [-0.3, -0.25) is 14.5 Å². The lowest BCUT2D eigenvalue weighted by molar-refractivity contribution is -0.130. The molecule has 1 aliphatic rings. The Bertz CT molecular complexity index is 1550. The minimum absolute atomic E-state index is 0.109. The summed E-state index contributed by atoms with van der Waals surface area (Å²) in [5.41, 5.74) is 9.27. The van der Waals surface area contributed by atoms with Gasteiger partial charge in [-0.15, -0.1) is 11.3 Å². The van der Waals surface area contributed by atoms with Crippen LogP contribution in [0.15, 0.2) is 46.7 Å². The molecule has 0 unspecified atom stereocenters. The van der Waals surface area contributed by atoms with Crippen molar-refractivity contribution in [2.24, 2.45) is 0 Å². The standard InChI is InChI=1S/C24H21FN6O2S/c1-13(32)30-6-3-15(4-7-30)31-11-14(9-29-31)22-16-8-19(33-23(16)18(26)10-28-22)17-12-34-20-2-5-27-24(25)21(17)20/h2,5,8-12,15H,3-4,6-7,26H2,1H3. The van der Waals surface area contributed by atoms with Crippen LogP contribution in [0.1, 0.15) is 25.8 Å². The van der Waals surface area contributed by atoms with Crippen LogP contribution in [0.5, 0.6) is 0 Å². The molecule has 1 aliphatic heterocycles. The Morgan fingerprint density at radius 1 is 1.26 bits per heavy atom. The molecule has 5 aromatic heterocycles. The number of furan rings is 1. The van der Waals surface area contributed by atoms with E-state index in [4.69, 9.17) is 10.2 Å². The van der Waals surface area contributed by atoms with Gasteiger partial charge in [-0.05, 0) is 25.0 Å². The minimum Gasteiger partial charge on any atom is -0.454 e. The summed E-state index contributed by atoms with van der Waals surface area (Å²) in [7, 11) is 0. The van der Waals surface area contributed by atoms with Gasteiger partial charge in [0.15, 0.2) is 5.58 Å². The van der Waals surface area contributed by atoms with Crippen molar-refractivity contribution < 1.29 is 13.6 Å². The lowest BCUT2D eigenvalue weighted by Gasteiger charge is -2.31. The van der Waals surface area contributed by atoms with Gasteiger partial charge in [0.2, 0.25) is 11.9 Å². The van der Waals surface area contributed by atoms with Gasteiger partial charge in [-0.25, -0.2) is 4.98 Å². The molecule has 0 aromatic carbocycles. The lowest BCUT2D eigenvalue weighted by atomic mass is 10.1. The highest BCUT2D eigenvalue weighted by Gasteiger charge is 2.24. The number of aromatic nitrogens is 4. The summed E-state index contributed by atoms with van der Waals surface area (Å²) in [5.74, 6) is 0.0913. The largest absolute Gasteiger partial charge is 0.454 e. The second-order valence-corrected chi connectivity index (χ2v) is 9.40. The predicted molar refractivity (Wildman–Crippen MR) is 129 cm³/mol. The highest BCUT2D eigenvalue weighted by molar-refractivity contribution is 7.17. The van der Waals surface area contributed by atoms with Gasteiger partial charge < -0.3 is 15.1 Å². The van der Waals surface area contributed by atoms with Crippen LogP contribution >= 0.6 is 11.3 Å². The summed E-state index contributed by atoms with van der Waals surface area (Å²) in [6.45, 7) is 3.06. The number of rotatable bonds is 3. The van der Waals surface area contributed by atoms with E-state index in [0.29, 0.717) is 33.7 Å². The van der Waals surface area contributed by atoms with E-state index >= 15 is 0 Å². The minimum atomic E-state index is -0.530. The maximum Gasteiger partial charge on any atom is 0.222 e. The van der Waals surface area contributed by atoms with Gasteiger partial charge in [-0.1, -0.05) is 0 Å². The van der Waals surface area contributed by atoms with E-state index < -0.39 is 5.95 Å². The molecule has 0 saturated carbocycles. The van der Waals surface area contributed by atoms with Crippen LogP contribution in [0.2, 0.25) is 0 Å². The van der Waals surface area contributed by atoms with E-state index in [1.54, 1.807) is 25.4 Å². The number of hydrogen-bond donors (Lipinski definition) is 1. The maximum atomic E-state index is 14.5. The molecule has 1 fully saturated rings. The summed E-state index contributed by atoms with van der Waals surface area (Å²) in [6, 6.07) is 3.86. The maximum absolute atomic E-state index is 14.5. The number of anilines is 1. The third-order valence-electron chi connectivity index (χ3n) is 6.45. The van der Waals surface area contributed by atoms with Crippen LogP contribution in [0, 0.1) is 5.95 Å². The number of likely N-dealkylation sites (tertiary alicyclic amines) is 1. The van der Waals surface area contributed by atoms with Gasteiger partial charge >= 0.3 is 0 Å². The molecular weight excluding hydrogens is 455 g/mol. The van der Waals surface area contributed by atoms with Crippen molar-refractivity contribution in [2.75, 3.05) is 18.8 Å². The number of carbonyl (C=O) groups is 1. The fraction of sp³-hybridized carbons (Fsp3) is 0.250. The molecule has 1 saturated heterocycles. The van der Waals surface area contributed by atoms with Crippen LogP contribution in [0.3, 0.4) is 0 Å². The van der Waals surface area contributed by atoms with Crippen LogP contribution in [-0.4, -0.2) is 43.6 Å². The highest BCUT2D eigenvalue weighted by atomic mass is 32.1. The number of hydrogen-bond acceptors (Lipinski definition) is 7. The van der Waals surface area contributed by atoms with Crippen LogP contribution in [-0.2, 0) is 4.79 Å². The topological polar surface area (TPSA) is 103 Å². The Balaban J connectivity index is 1.38. The molecule has 34 heavy (non-hydrogen) atoms. The van der Waals surface area contributed by atoms with Crippen molar-refractivity contribution in [1.29, 1.82) is 0 Å². The summed E-state index contributed by atoms with van der Waals surface area (Å²) >= 11 is 1.43. The van der Waals surface area contributed by atoms with Crippen LogP contribution in [0.25, 0.3) is 43.6 Å². The zero-order chi connectivity index (χ0) is 23.4. The fourth-order valence-electron chi connectivity index (χ4n) is 4.64. The fourth-order valence-corrected chi connectivity index (χ4v) is 5.57. The smallest absolute Gasteiger partial charge is 0.222 e. The van der Waals surface area contributed by atoms with Gasteiger partial charge in [0, 0.05) is 59.0 Å². The molecule has 6 heterocycles. The van der Waals surface area contributed by atoms with E-state index in [-0.39, 0.29) is 11.9 Å². The average molecular weight is 477 g/mol. The molecule has 2 N–H and O–H groups in total. The monoisotopic (exact) mass is 476 g/mol. The molecular formula is C24H21FN6O2S. The van der Waals surface area contributed by atoms with Crippen molar-refractivity contribution in [1.82, 2.24) is 24.6 Å². The number of carbonyl (C=O) groups excluding carboxylic acids is 1. The first-order chi connectivity index (χ1) is 16.5. The Hall–Kier alpha value is -3.79.